The Morgan fingerprint density at radius 3 is 1.96 bits per heavy atom. The zero-order valence-electron chi connectivity index (χ0n) is 15.3. The quantitative estimate of drug-likeness (QED) is 0.497. The average molecular weight is 443 g/mol. The second-order valence-corrected chi connectivity index (χ2v) is 8.32. The Labute approximate surface area is 171 Å². The van der Waals surface area contributed by atoms with Gasteiger partial charge in [0.25, 0.3) is 5.91 Å². The molecule has 0 saturated carbocycles. The van der Waals surface area contributed by atoms with Crippen molar-refractivity contribution in [2.75, 3.05) is 21.2 Å². The van der Waals surface area contributed by atoms with Crippen LogP contribution in [0.4, 0.5) is 5.69 Å². The molecule has 0 aliphatic carbocycles. The number of nitrogens with zero attached hydrogens (tertiary/aromatic N) is 2. The Balaban J connectivity index is 2.21. The summed E-state index contributed by atoms with van der Waals surface area (Å²) in [5, 5.41) is 0. The highest BCUT2D eigenvalue weighted by Crippen LogP contribution is 2.46. The third-order valence-electron chi connectivity index (χ3n) is 3.92. The molecular formula is C21H19BrN2O2S. The van der Waals surface area contributed by atoms with Gasteiger partial charge in [-0.25, -0.2) is 4.99 Å². The molecule has 6 heteroatoms. The lowest BCUT2D eigenvalue weighted by Crippen LogP contribution is -2.21. The number of methoxy groups -OCH3 is 1. The van der Waals surface area contributed by atoms with E-state index in [1.165, 1.54) is 16.2 Å². The number of benzene rings is 2. The maximum atomic E-state index is 12.5. The highest BCUT2D eigenvalue weighted by atomic mass is 79.9. The van der Waals surface area contributed by atoms with Crippen LogP contribution in [0, 0.1) is 0 Å². The third-order valence-corrected chi connectivity index (χ3v) is 5.72. The summed E-state index contributed by atoms with van der Waals surface area (Å²) in [6.45, 7) is 0. The lowest BCUT2D eigenvalue weighted by Gasteiger charge is -2.11. The van der Waals surface area contributed by atoms with Gasteiger partial charge < -0.3 is 9.64 Å². The van der Waals surface area contributed by atoms with Gasteiger partial charge in [0.1, 0.15) is 14.4 Å². The van der Waals surface area contributed by atoms with Gasteiger partial charge in [-0.05, 0) is 15.9 Å². The van der Waals surface area contributed by atoms with Crippen LogP contribution in [0.15, 0.2) is 69.4 Å². The summed E-state index contributed by atoms with van der Waals surface area (Å²) in [4.78, 5) is 19.5. The van der Waals surface area contributed by atoms with E-state index in [0.29, 0.717) is 16.3 Å². The van der Waals surface area contributed by atoms with E-state index in [-0.39, 0.29) is 5.91 Å². The molecule has 27 heavy (non-hydrogen) atoms. The van der Waals surface area contributed by atoms with Gasteiger partial charge in [-0.15, -0.1) is 11.3 Å². The van der Waals surface area contributed by atoms with Crippen LogP contribution in [-0.2, 0) is 0 Å². The van der Waals surface area contributed by atoms with Crippen LogP contribution in [0.3, 0.4) is 0 Å². The van der Waals surface area contributed by atoms with E-state index >= 15 is 0 Å². The summed E-state index contributed by atoms with van der Waals surface area (Å²) >= 11 is 4.89. The second kappa shape index (κ2) is 8.50. The molecule has 0 atom stereocenters. The van der Waals surface area contributed by atoms with Gasteiger partial charge in [0.2, 0.25) is 0 Å². The molecule has 0 aliphatic heterocycles. The Morgan fingerprint density at radius 1 is 1.00 bits per heavy atom. The van der Waals surface area contributed by atoms with Crippen LogP contribution >= 0.6 is 27.3 Å². The zero-order chi connectivity index (χ0) is 19.4. The Bertz CT molecular complexity index is 925. The molecule has 0 spiro atoms. The van der Waals surface area contributed by atoms with Crippen LogP contribution in [0.25, 0.3) is 0 Å². The number of ether oxygens (including phenoxy) is 1. The van der Waals surface area contributed by atoms with Gasteiger partial charge in [-0.1, -0.05) is 60.7 Å². The predicted octanol–water partition coefficient (Wildman–Crippen LogP) is 5.39. The summed E-state index contributed by atoms with van der Waals surface area (Å²) < 4.78 is 6.33. The minimum absolute atomic E-state index is 0.111. The van der Waals surface area contributed by atoms with E-state index in [0.717, 1.165) is 20.6 Å². The van der Waals surface area contributed by atoms with Gasteiger partial charge in [0, 0.05) is 25.2 Å². The van der Waals surface area contributed by atoms with Gasteiger partial charge in [-0.2, -0.15) is 0 Å². The SMILES string of the molecule is COc1c(C(=O)N(C)C)sc(Br)c1N=C(c1ccccc1)c1ccccc1. The van der Waals surface area contributed by atoms with Crippen molar-refractivity contribution >= 4 is 44.6 Å². The molecular weight excluding hydrogens is 424 g/mol. The lowest BCUT2D eigenvalue weighted by molar-refractivity contribution is 0.0829. The summed E-state index contributed by atoms with van der Waals surface area (Å²) in [6, 6.07) is 19.9. The first kappa shape index (κ1) is 19.3. The van der Waals surface area contributed by atoms with Crippen LogP contribution in [0.5, 0.6) is 5.75 Å². The normalized spacial score (nSPS) is 10.4. The third kappa shape index (κ3) is 4.12. The standard InChI is InChI=1S/C21H19BrN2O2S/c1-24(2)21(25)19-18(26-3)17(20(22)27-19)23-16(14-10-6-4-7-11-14)15-12-8-5-9-13-15/h4-13H,1-3H3. The van der Waals surface area contributed by atoms with Crippen molar-refractivity contribution in [3.8, 4) is 5.75 Å². The largest absolute Gasteiger partial charge is 0.493 e. The van der Waals surface area contributed by atoms with E-state index in [1.807, 2.05) is 60.7 Å². The zero-order valence-corrected chi connectivity index (χ0v) is 17.7. The summed E-state index contributed by atoms with van der Waals surface area (Å²) in [7, 11) is 5.00. The number of thiophene rings is 1. The van der Waals surface area contributed by atoms with Crippen molar-refractivity contribution < 1.29 is 9.53 Å². The first-order chi connectivity index (χ1) is 13.0. The van der Waals surface area contributed by atoms with E-state index in [1.54, 1.807) is 21.2 Å². The molecule has 3 aromatic rings. The molecule has 0 bridgehead atoms. The van der Waals surface area contributed by atoms with E-state index < -0.39 is 0 Å². The number of halogens is 1. The predicted molar refractivity (Wildman–Crippen MR) is 115 cm³/mol. The minimum Gasteiger partial charge on any atom is -0.493 e. The van der Waals surface area contributed by atoms with Crippen molar-refractivity contribution in [1.82, 2.24) is 4.90 Å². The second-order valence-electron chi connectivity index (χ2n) is 5.98. The molecule has 138 valence electrons. The molecule has 0 N–H and O–H groups in total. The molecule has 0 unspecified atom stereocenters. The minimum atomic E-state index is -0.111. The number of carbonyl (C=O) groups excluding carboxylic acids is 1. The van der Waals surface area contributed by atoms with Gasteiger partial charge in [0.05, 0.1) is 12.8 Å². The van der Waals surface area contributed by atoms with Crippen molar-refractivity contribution in [3.05, 3.63) is 80.5 Å². The van der Waals surface area contributed by atoms with Crippen molar-refractivity contribution in [2.24, 2.45) is 4.99 Å². The van der Waals surface area contributed by atoms with Crippen LogP contribution in [0.2, 0.25) is 0 Å². The van der Waals surface area contributed by atoms with E-state index in [2.05, 4.69) is 15.9 Å². The van der Waals surface area contributed by atoms with E-state index in [4.69, 9.17) is 9.73 Å². The fourth-order valence-electron chi connectivity index (χ4n) is 2.61. The van der Waals surface area contributed by atoms with Crippen LogP contribution < -0.4 is 4.74 Å². The number of amides is 1. The maximum Gasteiger partial charge on any atom is 0.267 e. The smallest absolute Gasteiger partial charge is 0.267 e. The molecule has 0 fully saturated rings. The monoisotopic (exact) mass is 442 g/mol. The molecule has 3 rings (SSSR count). The fraction of sp³-hybridized carbons (Fsp3) is 0.143. The van der Waals surface area contributed by atoms with Crippen LogP contribution in [0.1, 0.15) is 20.8 Å². The highest BCUT2D eigenvalue weighted by molar-refractivity contribution is 9.11. The maximum absolute atomic E-state index is 12.5. The molecule has 0 saturated heterocycles. The van der Waals surface area contributed by atoms with Crippen molar-refractivity contribution in [1.29, 1.82) is 0 Å². The Morgan fingerprint density at radius 2 is 1.52 bits per heavy atom. The summed E-state index contributed by atoms with van der Waals surface area (Å²) in [5.41, 5.74) is 3.42. The summed E-state index contributed by atoms with van der Waals surface area (Å²) in [6.07, 6.45) is 0. The first-order valence-electron chi connectivity index (χ1n) is 8.30. The number of aliphatic imine (C=N–C) groups is 1. The Hall–Kier alpha value is -2.44. The molecule has 1 heterocycles. The lowest BCUT2D eigenvalue weighted by atomic mass is 10.0. The fourth-order valence-corrected chi connectivity index (χ4v) is 4.32. The van der Waals surface area contributed by atoms with Crippen molar-refractivity contribution in [3.63, 3.8) is 0 Å². The number of hydrogen-bond donors (Lipinski definition) is 0. The van der Waals surface area contributed by atoms with Crippen molar-refractivity contribution in [2.45, 2.75) is 0 Å². The van der Waals surface area contributed by atoms with Gasteiger partial charge >= 0.3 is 0 Å². The average Bonchev–Trinajstić information content (AvgIpc) is 3.01. The number of carbonyl (C=O) groups is 1. The molecule has 0 aliphatic rings. The van der Waals surface area contributed by atoms with Crippen LogP contribution in [-0.4, -0.2) is 37.7 Å². The van der Waals surface area contributed by atoms with Gasteiger partial charge in [0.15, 0.2) is 5.75 Å². The molecule has 1 amide bonds. The van der Waals surface area contributed by atoms with Gasteiger partial charge in [-0.3, -0.25) is 4.79 Å². The number of hydrogen-bond acceptors (Lipinski definition) is 4. The highest BCUT2D eigenvalue weighted by Gasteiger charge is 2.24. The molecule has 1 aromatic heterocycles. The molecule has 4 nitrogen and oxygen atoms in total. The first-order valence-corrected chi connectivity index (χ1v) is 9.91. The molecule has 0 radical (unpaired) electrons. The number of rotatable bonds is 5. The van der Waals surface area contributed by atoms with E-state index in [9.17, 15) is 4.79 Å². The summed E-state index contributed by atoms with van der Waals surface area (Å²) in [5.74, 6) is 0.370. The topological polar surface area (TPSA) is 41.9 Å². The molecule has 2 aromatic carbocycles. The Kier molecular flexibility index (Phi) is 6.08.